The molecule has 0 fully saturated rings. The van der Waals surface area contributed by atoms with Crippen LogP contribution in [0, 0.1) is 5.92 Å². The lowest BCUT2D eigenvalue weighted by molar-refractivity contribution is -0.139. The zero-order chi connectivity index (χ0) is 12.4. The third kappa shape index (κ3) is 2.55. The lowest BCUT2D eigenvalue weighted by atomic mass is 9.86. The number of thioether (sulfide) groups is 1. The Hall–Kier alpha value is -1.22. The van der Waals surface area contributed by atoms with Crippen molar-refractivity contribution in [3.05, 3.63) is 34.9 Å². The average molecular weight is 248 g/mol. The monoisotopic (exact) mass is 248 g/mol. The van der Waals surface area contributed by atoms with Crippen molar-refractivity contribution >= 4 is 23.8 Å². The third-order valence-corrected chi connectivity index (χ3v) is 4.03. The molecule has 0 saturated heterocycles. The molecule has 90 valence electrons. The molecule has 0 aromatic heterocycles. The zero-order valence-corrected chi connectivity index (χ0v) is 10.9. The summed E-state index contributed by atoms with van der Waals surface area (Å²) < 4.78 is 0. The smallest absolute Gasteiger partial charge is 0.310 e. The van der Waals surface area contributed by atoms with Crippen LogP contribution in [0.2, 0.25) is 0 Å². The topological polar surface area (TPSA) is 37.3 Å². The largest absolute Gasteiger partial charge is 0.481 e. The van der Waals surface area contributed by atoms with E-state index < -0.39 is 5.97 Å². The Morgan fingerprint density at radius 1 is 1.41 bits per heavy atom. The van der Waals surface area contributed by atoms with E-state index in [1.165, 1.54) is 16.0 Å². The number of carbonyl (C=O) groups is 1. The highest BCUT2D eigenvalue weighted by Crippen LogP contribution is 2.30. The van der Waals surface area contributed by atoms with E-state index in [2.05, 4.69) is 24.5 Å². The Labute approximate surface area is 106 Å². The summed E-state index contributed by atoms with van der Waals surface area (Å²) >= 11 is 1.74. The second-order valence-electron chi connectivity index (χ2n) is 4.34. The van der Waals surface area contributed by atoms with Crippen molar-refractivity contribution in [2.75, 3.05) is 6.26 Å². The van der Waals surface area contributed by atoms with Crippen molar-refractivity contribution in [2.45, 2.75) is 24.7 Å². The predicted octanol–water partition coefficient (Wildman–Crippen LogP) is 3.46. The van der Waals surface area contributed by atoms with Crippen LogP contribution in [-0.2, 0) is 11.2 Å². The lowest BCUT2D eigenvalue weighted by Gasteiger charge is -2.19. The minimum atomic E-state index is -0.736. The van der Waals surface area contributed by atoms with Crippen LogP contribution in [0.1, 0.15) is 24.5 Å². The lowest BCUT2D eigenvalue weighted by Crippen LogP contribution is -2.15. The zero-order valence-electron chi connectivity index (χ0n) is 10.1. The fourth-order valence-corrected chi connectivity index (χ4v) is 2.58. The summed E-state index contributed by atoms with van der Waals surface area (Å²) in [7, 11) is 0. The summed E-state index contributed by atoms with van der Waals surface area (Å²) in [6.07, 6.45) is 5.92. The highest BCUT2D eigenvalue weighted by Gasteiger charge is 2.20. The number of carboxylic acids is 1. The summed E-state index contributed by atoms with van der Waals surface area (Å²) in [6, 6.07) is 6.39. The fraction of sp³-hybridized carbons (Fsp3) is 0.357. The summed E-state index contributed by atoms with van der Waals surface area (Å²) in [4.78, 5) is 12.2. The van der Waals surface area contributed by atoms with E-state index in [1.807, 2.05) is 6.08 Å². The van der Waals surface area contributed by atoms with Crippen LogP contribution in [0.4, 0.5) is 0 Å². The molecular formula is C14H16O2S. The Balaban J connectivity index is 2.32. The SMILES string of the molecule is CSc1ccc2c(c1)CCC(C(C)C(=O)O)=C2. The van der Waals surface area contributed by atoms with Gasteiger partial charge in [-0.15, -0.1) is 11.8 Å². The molecule has 0 radical (unpaired) electrons. The van der Waals surface area contributed by atoms with Crippen molar-refractivity contribution in [1.82, 2.24) is 0 Å². The van der Waals surface area contributed by atoms with Gasteiger partial charge in [-0.05, 0) is 49.3 Å². The highest BCUT2D eigenvalue weighted by molar-refractivity contribution is 7.98. The van der Waals surface area contributed by atoms with Crippen LogP contribution in [0.15, 0.2) is 28.7 Å². The number of fused-ring (bicyclic) bond motifs is 1. The molecule has 1 atom stereocenters. The first-order valence-electron chi connectivity index (χ1n) is 5.72. The number of hydrogen-bond donors (Lipinski definition) is 1. The average Bonchev–Trinajstić information content (AvgIpc) is 2.36. The van der Waals surface area contributed by atoms with Gasteiger partial charge in [0.15, 0.2) is 0 Å². The van der Waals surface area contributed by atoms with Crippen molar-refractivity contribution in [3.8, 4) is 0 Å². The molecule has 0 heterocycles. The standard InChI is InChI=1S/C14H16O2S/c1-9(14(15)16)10-3-4-12-8-13(17-2)6-5-11(12)7-10/h5-9H,3-4H2,1-2H3,(H,15,16). The molecule has 1 N–H and O–H groups in total. The molecule has 1 unspecified atom stereocenters. The summed E-state index contributed by atoms with van der Waals surface area (Å²) in [5, 5.41) is 9.02. The van der Waals surface area contributed by atoms with Gasteiger partial charge in [-0.25, -0.2) is 0 Å². The number of benzene rings is 1. The van der Waals surface area contributed by atoms with Gasteiger partial charge in [0, 0.05) is 4.90 Å². The Bertz CT molecular complexity index is 477. The summed E-state index contributed by atoms with van der Waals surface area (Å²) in [5.74, 6) is -1.11. The number of aryl methyl sites for hydroxylation is 1. The number of hydrogen-bond acceptors (Lipinski definition) is 2. The molecular weight excluding hydrogens is 232 g/mol. The summed E-state index contributed by atoms with van der Waals surface area (Å²) in [5.41, 5.74) is 3.54. The van der Waals surface area contributed by atoms with E-state index >= 15 is 0 Å². The van der Waals surface area contributed by atoms with Crippen LogP contribution in [0.25, 0.3) is 6.08 Å². The maximum atomic E-state index is 11.0. The summed E-state index contributed by atoms with van der Waals surface area (Å²) in [6.45, 7) is 1.76. The molecule has 1 aliphatic rings. The number of aliphatic carboxylic acids is 1. The van der Waals surface area contributed by atoms with Crippen LogP contribution >= 0.6 is 11.8 Å². The van der Waals surface area contributed by atoms with Gasteiger partial charge in [0.2, 0.25) is 0 Å². The molecule has 1 aliphatic carbocycles. The molecule has 0 bridgehead atoms. The second-order valence-corrected chi connectivity index (χ2v) is 5.22. The van der Waals surface area contributed by atoms with E-state index in [0.29, 0.717) is 0 Å². The van der Waals surface area contributed by atoms with Crippen molar-refractivity contribution in [2.24, 2.45) is 5.92 Å². The Kier molecular flexibility index (Phi) is 3.57. The highest BCUT2D eigenvalue weighted by atomic mass is 32.2. The van der Waals surface area contributed by atoms with Gasteiger partial charge in [0.1, 0.15) is 0 Å². The van der Waals surface area contributed by atoms with Crippen molar-refractivity contribution in [1.29, 1.82) is 0 Å². The van der Waals surface area contributed by atoms with Crippen LogP contribution in [-0.4, -0.2) is 17.3 Å². The van der Waals surface area contributed by atoms with E-state index in [1.54, 1.807) is 18.7 Å². The maximum absolute atomic E-state index is 11.0. The molecule has 2 rings (SSSR count). The van der Waals surface area contributed by atoms with E-state index in [0.717, 1.165) is 18.4 Å². The minimum absolute atomic E-state index is 0.372. The van der Waals surface area contributed by atoms with E-state index in [9.17, 15) is 4.79 Å². The van der Waals surface area contributed by atoms with Crippen LogP contribution < -0.4 is 0 Å². The fourth-order valence-electron chi connectivity index (χ4n) is 2.12. The number of carboxylic acid groups (broad SMARTS) is 1. The van der Waals surface area contributed by atoms with Gasteiger partial charge in [-0.1, -0.05) is 17.7 Å². The van der Waals surface area contributed by atoms with Gasteiger partial charge < -0.3 is 5.11 Å². The molecule has 3 heteroatoms. The molecule has 0 aliphatic heterocycles. The first-order valence-corrected chi connectivity index (χ1v) is 6.94. The van der Waals surface area contributed by atoms with E-state index in [4.69, 9.17) is 5.11 Å². The second kappa shape index (κ2) is 4.96. The minimum Gasteiger partial charge on any atom is -0.481 e. The molecule has 0 saturated carbocycles. The van der Waals surface area contributed by atoms with Crippen molar-refractivity contribution < 1.29 is 9.90 Å². The first-order chi connectivity index (χ1) is 8.11. The maximum Gasteiger partial charge on any atom is 0.310 e. The van der Waals surface area contributed by atoms with Gasteiger partial charge in [-0.2, -0.15) is 0 Å². The quantitative estimate of drug-likeness (QED) is 0.832. The van der Waals surface area contributed by atoms with E-state index in [-0.39, 0.29) is 5.92 Å². The molecule has 1 aromatic carbocycles. The molecule has 2 nitrogen and oxygen atoms in total. The van der Waals surface area contributed by atoms with Gasteiger partial charge >= 0.3 is 5.97 Å². The molecule has 0 spiro atoms. The van der Waals surface area contributed by atoms with Crippen LogP contribution in [0.3, 0.4) is 0 Å². The van der Waals surface area contributed by atoms with Gasteiger partial charge in [0.25, 0.3) is 0 Å². The number of rotatable bonds is 3. The molecule has 17 heavy (non-hydrogen) atoms. The predicted molar refractivity (Wildman–Crippen MR) is 71.3 cm³/mol. The van der Waals surface area contributed by atoms with Gasteiger partial charge in [-0.3, -0.25) is 4.79 Å². The normalized spacial score (nSPS) is 16.0. The van der Waals surface area contributed by atoms with Crippen LogP contribution in [0.5, 0.6) is 0 Å². The van der Waals surface area contributed by atoms with Crippen molar-refractivity contribution in [3.63, 3.8) is 0 Å². The van der Waals surface area contributed by atoms with Gasteiger partial charge in [0.05, 0.1) is 5.92 Å². The molecule has 0 amide bonds. The Morgan fingerprint density at radius 2 is 2.18 bits per heavy atom. The first kappa shape index (κ1) is 12.2. The molecule has 1 aromatic rings. The Morgan fingerprint density at radius 3 is 2.82 bits per heavy atom. The third-order valence-electron chi connectivity index (χ3n) is 3.30.